The van der Waals surface area contributed by atoms with Crippen molar-refractivity contribution in [2.45, 2.75) is 6.10 Å². The minimum absolute atomic E-state index is 0.245. The van der Waals surface area contributed by atoms with Crippen LogP contribution in [0.4, 0.5) is 23.1 Å². The Balaban J connectivity index is 1.60. The van der Waals surface area contributed by atoms with Gasteiger partial charge < -0.3 is 25.4 Å². The van der Waals surface area contributed by atoms with Gasteiger partial charge in [0.2, 0.25) is 5.95 Å². The summed E-state index contributed by atoms with van der Waals surface area (Å²) in [5.74, 6) is 1.83. The number of likely N-dealkylation sites (N-methyl/N-ethyl adjacent to an activating group) is 1. The van der Waals surface area contributed by atoms with Gasteiger partial charge in [-0.1, -0.05) is 18.2 Å². The van der Waals surface area contributed by atoms with E-state index in [1.807, 2.05) is 73.6 Å². The molecule has 0 aliphatic heterocycles. The first-order chi connectivity index (χ1) is 14.0. The maximum atomic E-state index is 9.88. The summed E-state index contributed by atoms with van der Waals surface area (Å²) in [6.07, 6.45) is 1.17. The largest absolute Gasteiger partial charge is 0.491 e. The van der Waals surface area contributed by atoms with Crippen molar-refractivity contribution in [3.8, 4) is 5.75 Å². The molecule has 152 valence electrons. The van der Waals surface area contributed by atoms with Gasteiger partial charge in [-0.2, -0.15) is 4.98 Å². The molecular weight excluding hydrogens is 434 g/mol. The molecule has 8 heteroatoms. The molecule has 0 fully saturated rings. The second kappa shape index (κ2) is 10.2. The maximum absolute atomic E-state index is 9.88. The summed E-state index contributed by atoms with van der Waals surface area (Å²) in [5.41, 5.74) is 1.77. The van der Waals surface area contributed by atoms with Crippen LogP contribution >= 0.6 is 15.9 Å². The third kappa shape index (κ3) is 6.70. The highest BCUT2D eigenvalue weighted by atomic mass is 79.9. The third-order valence-corrected chi connectivity index (χ3v) is 4.49. The molecule has 0 aliphatic carbocycles. The number of rotatable bonds is 9. The number of para-hydroxylation sites is 1. The predicted molar refractivity (Wildman–Crippen MR) is 119 cm³/mol. The fourth-order valence-corrected chi connectivity index (χ4v) is 2.89. The highest BCUT2D eigenvalue weighted by Gasteiger charge is 2.08. The quantitative estimate of drug-likeness (QED) is 0.447. The molecule has 3 rings (SSSR count). The van der Waals surface area contributed by atoms with Gasteiger partial charge in [0, 0.05) is 24.1 Å². The van der Waals surface area contributed by atoms with Crippen LogP contribution in [-0.4, -0.2) is 53.3 Å². The lowest BCUT2D eigenvalue weighted by Gasteiger charge is -2.16. The topological polar surface area (TPSA) is 82.5 Å². The molecule has 1 atom stereocenters. The second-order valence-electron chi connectivity index (χ2n) is 6.76. The molecule has 1 heterocycles. The van der Waals surface area contributed by atoms with Crippen molar-refractivity contribution in [1.82, 2.24) is 14.9 Å². The molecule has 0 radical (unpaired) electrons. The second-order valence-corrected chi connectivity index (χ2v) is 7.61. The van der Waals surface area contributed by atoms with Crippen LogP contribution in [0.25, 0.3) is 0 Å². The summed E-state index contributed by atoms with van der Waals surface area (Å²) in [4.78, 5) is 10.7. The van der Waals surface area contributed by atoms with Crippen LogP contribution in [0.3, 0.4) is 0 Å². The van der Waals surface area contributed by atoms with E-state index in [-0.39, 0.29) is 6.61 Å². The molecule has 3 N–H and O–H groups in total. The molecule has 7 nitrogen and oxygen atoms in total. The first-order valence-electron chi connectivity index (χ1n) is 9.17. The molecule has 29 heavy (non-hydrogen) atoms. The number of halogens is 1. The molecule has 2 aromatic carbocycles. The first-order valence-corrected chi connectivity index (χ1v) is 9.96. The van der Waals surface area contributed by atoms with Gasteiger partial charge in [0.05, 0.1) is 4.47 Å². The number of nitrogens with zero attached hydrogens (tertiary/aromatic N) is 3. The molecule has 0 unspecified atom stereocenters. The maximum Gasteiger partial charge on any atom is 0.229 e. The zero-order valence-electron chi connectivity index (χ0n) is 16.3. The van der Waals surface area contributed by atoms with Crippen LogP contribution in [0.1, 0.15) is 0 Å². The monoisotopic (exact) mass is 457 g/mol. The van der Waals surface area contributed by atoms with Crippen molar-refractivity contribution in [3.05, 3.63) is 65.3 Å². The van der Waals surface area contributed by atoms with E-state index in [0.29, 0.717) is 24.1 Å². The summed E-state index contributed by atoms with van der Waals surface area (Å²) in [6.45, 7) is 0.801. The van der Waals surface area contributed by atoms with Crippen molar-refractivity contribution in [2.24, 2.45) is 0 Å². The molecule has 0 amide bonds. The van der Waals surface area contributed by atoms with Gasteiger partial charge in [0.15, 0.2) is 0 Å². The number of hydrogen-bond acceptors (Lipinski definition) is 7. The first kappa shape index (κ1) is 21.0. The number of ether oxygens (including phenoxy) is 1. The Bertz CT molecular complexity index is 907. The fourth-order valence-electron chi connectivity index (χ4n) is 2.60. The lowest BCUT2D eigenvalue weighted by Crippen LogP contribution is -2.30. The summed E-state index contributed by atoms with van der Waals surface area (Å²) in [5, 5.41) is 16.3. The lowest BCUT2D eigenvalue weighted by atomic mass is 10.3. The average molecular weight is 458 g/mol. The van der Waals surface area contributed by atoms with Crippen LogP contribution in [0, 0.1) is 0 Å². The zero-order chi connectivity index (χ0) is 20.6. The highest BCUT2D eigenvalue weighted by molar-refractivity contribution is 9.10. The van der Waals surface area contributed by atoms with Gasteiger partial charge in [-0.3, -0.25) is 0 Å². The Kier molecular flexibility index (Phi) is 7.40. The number of aliphatic hydroxyl groups excluding tert-OH is 1. The third-order valence-electron chi connectivity index (χ3n) is 3.91. The SMILES string of the molecule is CN(C)C[C@@H](O)COc1ccc(Nc2ncc(Br)c(Nc3ccccc3)n2)cc1. The van der Waals surface area contributed by atoms with Crippen molar-refractivity contribution in [3.63, 3.8) is 0 Å². The van der Waals surface area contributed by atoms with E-state index in [1.165, 1.54) is 0 Å². The van der Waals surface area contributed by atoms with Gasteiger partial charge >= 0.3 is 0 Å². The number of aliphatic hydroxyl groups is 1. The van der Waals surface area contributed by atoms with Gasteiger partial charge in [0.25, 0.3) is 0 Å². The van der Waals surface area contributed by atoms with Gasteiger partial charge in [-0.15, -0.1) is 0 Å². The van der Waals surface area contributed by atoms with Crippen molar-refractivity contribution >= 4 is 39.1 Å². The van der Waals surface area contributed by atoms with E-state index < -0.39 is 6.10 Å². The molecule has 0 bridgehead atoms. The Morgan fingerprint density at radius 1 is 1.03 bits per heavy atom. The summed E-state index contributed by atoms with van der Waals surface area (Å²) in [6, 6.07) is 17.3. The number of benzene rings is 2. The van der Waals surface area contributed by atoms with Crippen molar-refractivity contribution < 1.29 is 9.84 Å². The number of anilines is 4. The van der Waals surface area contributed by atoms with Gasteiger partial charge in [-0.25, -0.2) is 4.98 Å². The molecule has 0 aliphatic rings. The molecule has 0 saturated heterocycles. The Morgan fingerprint density at radius 2 is 1.72 bits per heavy atom. The summed E-state index contributed by atoms with van der Waals surface area (Å²) in [7, 11) is 3.82. The number of nitrogens with one attached hydrogen (secondary N) is 2. The normalized spacial score (nSPS) is 11.9. The standard InChI is InChI=1S/C21H24BrN5O2/c1-27(2)13-17(28)14-29-18-10-8-16(9-11-18)25-21-23-12-19(22)20(26-21)24-15-6-4-3-5-7-15/h3-12,17,28H,13-14H2,1-2H3,(H2,23,24,25,26)/t17-/m1/s1. The van der Waals surface area contributed by atoms with Crippen molar-refractivity contribution in [1.29, 1.82) is 0 Å². The van der Waals surface area contributed by atoms with E-state index in [4.69, 9.17) is 4.74 Å². The Labute approximate surface area is 178 Å². The molecule has 0 spiro atoms. The molecular formula is C21H24BrN5O2. The highest BCUT2D eigenvalue weighted by Crippen LogP contribution is 2.25. The smallest absolute Gasteiger partial charge is 0.229 e. The van der Waals surface area contributed by atoms with E-state index in [2.05, 4.69) is 36.5 Å². The Morgan fingerprint density at radius 3 is 2.41 bits per heavy atom. The molecule has 1 aromatic heterocycles. The predicted octanol–water partition coefficient (Wildman–Crippen LogP) is 4.03. The van der Waals surface area contributed by atoms with E-state index in [9.17, 15) is 5.11 Å². The molecule has 3 aromatic rings. The van der Waals surface area contributed by atoms with E-state index in [1.54, 1.807) is 6.20 Å². The van der Waals surface area contributed by atoms with Gasteiger partial charge in [0.1, 0.15) is 24.3 Å². The zero-order valence-corrected chi connectivity index (χ0v) is 17.9. The van der Waals surface area contributed by atoms with Crippen LogP contribution in [-0.2, 0) is 0 Å². The van der Waals surface area contributed by atoms with E-state index in [0.717, 1.165) is 15.8 Å². The van der Waals surface area contributed by atoms with Crippen molar-refractivity contribution in [2.75, 3.05) is 37.9 Å². The van der Waals surface area contributed by atoms with Gasteiger partial charge in [-0.05, 0) is 66.4 Å². The molecule has 0 saturated carbocycles. The van der Waals surface area contributed by atoms with E-state index >= 15 is 0 Å². The lowest BCUT2D eigenvalue weighted by molar-refractivity contribution is 0.0831. The minimum Gasteiger partial charge on any atom is -0.491 e. The number of aromatic nitrogens is 2. The average Bonchev–Trinajstić information content (AvgIpc) is 2.70. The minimum atomic E-state index is -0.533. The number of hydrogen-bond donors (Lipinski definition) is 3. The van der Waals surface area contributed by atoms with Crippen LogP contribution in [0.15, 0.2) is 65.3 Å². The van der Waals surface area contributed by atoms with Crippen LogP contribution in [0.2, 0.25) is 0 Å². The summed E-state index contributed by atoms with van der Waals surface area (Å²) >= 11 is 3.47. The fraction of sp³-hybridized carbons (Fsp3) is 0.238. The van der Waals surface area contributed by atoms with Crippen LogP contribution < -0.4 is 15.4 Å². The van der Waals surface area contributed by atoms with Crippen LogP contribution in [0.5, 0.6) is 5.75 Å². The Hall–Kier alpha value is -2.68. The summed E-state index contributed by atoms with van der Waals surface area (Å²) < 4.78 is 6.39.